The second-order valence-corrected chi connectivity index (χ2v) is 9.07. The molecule has 1 saturated heterocycles. The number of rotatable bonds is 16. The first-order valence-corrected chi connectivity index (χ1v) is 12.4. The molecule has 0 aromatic rings. The lowest BCUT2D eigenvalue weighted by atomic mass is 10.1. The quantitative estimate of drug-likeness (QED) is 0.278. The summed E-state index contributed by atoms with van der Waals surface area (Å²) in [6.45, 7) is 4.97. The number of thiol groups is 2. The van der Waals surface area contributed by atoms with Gasteiger partial charge < -0.3 is 19.3 Å². The number of piperazine rings is 1. The topological polar surface area (TPSA) is 59.1 Å². The van der Waals surface area contributed by atoms with Crippen molar-refractivity contribution in [2.45, 2.75) is 43.9 Å². The van der Waals surface area contributed by atoms with E-state index < -0.39 is 6.04 Å². The number of unbranched alkanes of at least 4 members (excludes halogenated alkanes) is 1. The predicted molar refractivity (Wildman–Crippen MR) is 123 cm³/mol. The lowest BCUT2D eigenvalue weighted by molar-refractivity contribution is -0.158. The summed E-state index contributed by atoms with van der Waals surface area (Å²) >= 11 is 10.3. The van der Waals surface area contributed by atoms with Crippen LogP contribution in [0.2, 0.25) is 0 Å². The molecule has 0 spiro atoms. The van der Waals surface area contributed by atoms with Gasteiger partial charge in [0, 0.05) is 37.8 Å². The number of methoxy groups -OCH3 is 1. The molecular formula is C19H36N2O4S3. The van der Waals surface area contributed by atoms with E-state index >= 15 is 0 Å². The molecule has 1 fully saturated rings. The number of carbonyl (C=O) groups is 2. The maximum Gasteiger partial charge on any atom is 0.248 e. The highest BCUT2D eigenvalue weighted by atomic mass is 32.2. The molecule has 1 aliphatic heterocycles. The van der Waals surface area contributed by atoms with Crippen molar-refractivity contribution >= 4 is 48.8 Å². The Kier molecular flexibility index (Phi) is 14.6. The molecule has 0 bridgehead atoms. The largest absolute Gasteiger partial charge is 0.384 e. The van der Waals surface area contributed by atoms with Gasteiger partial charge in [-0.25, -0.2) is 0 Å². The van der Waals surface area contributed by atoms with Gasteiger partial charge in [0.2, 0.25) is 11.8 Å². The van der Waals surface area contributed by atoms with Gasteiger partial charge in [0.25, 0.3) is 0 Å². The van der Waals surface area contributed by atoms with Gasteiger partial charge in [-0.3, -0.25) is 9.59 Å². The smallest absolute Gasteiger partial charge is 0.248 e. The highest BCUT2D eigenvalue weighted by Crippen LogP contribution is 2.18. The third-order valence-corrected chi connectivity index (χ3v) is 6.88. The number of hydrogen-bond acceptors (Lipinski definition) is 7. The van der Waals surface area contributed by atoms with Crippen molar-refractivity contribution in [2.75, 3.05) is 63.8 Å². The Bertz CT molecular complexity index is 457. The molecule has 0 N–H and O–H groups in total. The van der Waals surface area contributed by atoms with Crippen LogP contribution >= 0.6 is 37.0 Å². The van der Waals surface area contributed by atoms with Crippen LogP contribution in [0.4, 0.5) is 0 Å². The molecule has 2 atom stereocenters. The number of hydrogen-bond donors (Lipinski definition) is 2. The third kappa shape index (κ3) is 9.15. The summed E-state index contributed by atoms with van der Waals surface area (Å²) in [5.74, 6) is 2.45. The standard InChI is InChI=1S/C19H36N2O4S3/c1-3-4-8-21-17(14-25-9-6-10-26)19(23)20(12-18(21)22)7-5-11-28-16(15-27)13-24-2/h16-17,26-27H,3-15H2,1-2H3/t16?,17-/m0/s1. The Balaban J connectivity index is 2.58. The second kappa shape index (κ2) is 15.7. The second-order valence-electron chi connectivity index (χ2n) is 6.85. The number of carbonyl (C=O) groups excluding carboxylic acids is 2. The molecule has 0 radical (unpaired) electrons. The average molecular weight is 453 g/mol. The minimum absolute atomic E-state index is 0.00853. The Morgan fingerprint density at radius 2 is 2.00 bits per heavy atom. The van der Waals surface area contributed by atoms with Crippen LogP contribution in [0.3, 0.4) is 0 Å². The molecule has 1 rings (SSSR count). The summed E-state index contributed by atoms with van der Waals surface area (Å²) in [4.78, 5) is 29.1. The molecule has 0 saturated carbocycles. The highest BCUT2D eigenvalue weighted by molar-refractivity contribution is 8.00. The van der Waals surface area contributed by atoms with E-state index in [-0.39, 0.29) is 25.0 Å². The summed E-state index contributed by atoms with van der Waals surface area (Å²) in [7, 11) is 1.69. The molecular weight excluding hydrogens is 416 g/mol. The molecule has 28 heavy (non-hydrogen) atoms. The van der Waals surface area contributed by atoms with Crippen LogP contribution in [0.25, 0.3) is 0 Å². The molecule has 1 heterocycles. The van der Waals surface area contributed by atoms with Gasteiger partial charge in [-0.05, 0) is 30.8 Å². The highest BCUT2D eigenvalue weighted by Gasteiger charge is 2.38. The van der Waals surface area contributed by atoms with Crippen molar-refractivity contribution in [1.29, 1.82) is 0 Å². The van der Waals surface area contributed by atoms with Crippen molar-refractivity contribution in [2.24, 2.45) is 0 Å². The van der Waals surface area contributed by atoms with E-state index in [1.807, 2.05) is 0 Å². The Morgan fingerprint density at radius 1 is 1.21 bits per heavy atom. The fourth-order valence-electron chi connectivity index (χ4n) is 3.02. The predicted octanol–water partition coefficient (Wildman–Crippen LogP) is 2.23. The number of amides is 2. The van der Waals surface area contributed by atoms with E-state index in [0.29, 0.717) is 31.6 Å². The maximum atomic E-state index is 13.0. The van der Waals surface area contributed by atoms with Gasteiger partial charge in [-0.2, -0.15) is 37.0 Å². The molecule has 0 aromatic heterocycles. The van der Waals surface area contributed by atoms with E-state index in [2.05, 4.69) is 32.2 Å². The van der Waals surface area contributed by atoms with E-state index in [0.717, 1.165) is 42.9 Å². The van der Waals surface area contributed by atoms with E-state index in [9.17, 15) is 9.59 Å². The van der Waals surface area contributed by atoms with Crippen molar-refractivity contribution in [1.82, 2.24) is 9.80 Å². The Morgan fingerprint density at radius 3 is 2.64 bits per heavy atom. The first kappa shape index (κ1) is 25.9. The van der Waals surface area contributed by atoms with Crippen LogP contribution in [0.15, 0.2) is 0 Å². The van der Waals surface area contributed by atoms with Crippen LogP contribution in [-0.2, 0) is 19.1 Å². The molecule has 2 amide bonds. The van der Waals surface area contributed by atoms with Gasteiger partial charge in [0.05, 0.1) is 19.8 Å². The lowest BCUT2D eigenvalue weighted by Gasteiger charge is -2.40. The van der Waals surface area contributed by atoms with Gasteiger partial charge in [0.1, 0.15) is 6.04 Å². The molecule has 1 aliphatic rings. The average Bonchev–Trinajstić information content (AvgIpc) is 2.69. The van der Waals surface area contributed by atoms with Crippen molar-refractivity contribution in [3.63, 3.8) is 0 Å². The Labute approximate surface area is 185 Å². The third-order valence-electron chi connectivity index (χ3n) is 4.58. The monoisotopic (exact) mass is 452 g/mol. The van der Waals surface area contributed by atoms with Crippen LogP contribution in [-0.4, -0.2) is 96.7 Å². The molecule has 164 valence electrons. The molecule has 0 aromatic carbocycles. The summed E-state index contributed by atoms with van der Waals surface area (Å²) in [5, 5.41) is 0.351. The zero-order chi connectivity index (χ0) is 20.8. The van der Waals surface area contributed by atoms with Crippen LogP contribution in [0.1, 0.15) is 32.6 Å². The summed E-state index contributed by atoms with van der Waals surface area (Å²) in [5.41, 5.74) is 0. The normalized spacial score (nSPS) is 18.8. The van der Waals surface area contributed by atoms with Crippen LogP contribution in [0.5, 0.6) is 0 Å². The van der Waals surface area contributed by atoms with Crippen molar-refractivity contribution < 1.29 is 19.1 Å². The van der Waals surface area contributed by atoms with Gasteiger partial charge in [-0.1, -0.05) is 13.3 Å². The van der Waals surface area contributed by atoms with E-state index in [1.54, 1.807) is 28.7 Å². The summed E-state index contributed by atoms with van der Waals surface area (Å²) < 4.78 is 10.9. The first-order chi connectivity index (χ1) is 13.6. The molecule has 0 aliphatic carbocycles. The first-order valence-electron chi connectivity index (χ1n) is 10.1. The number of thioether (sulfide) groups is 1. The minimum atomic E-state index is -0.501. The molecule has 1 unspecified atom stereocenters. The number of nitrogens with zero attached hydrogens (tertiary/aromatic N) is 2. The Hall–Kier alpha value is -0.0900. The summed E-state index contributed by atoms with van der Waals surface area (Å²) in [6, 6.07) is -0.501. The molecule has 6 nitrogen and oxygen atoms in total. The fourth-order valence-corrected chi connectivity index (χ4v) is 4.53. The summed E-state index contributed by atoms with van der Waals surface area (Å²) in [6.07, 6.45) is 3.56. The zero-order valence-electron chi connectivity index (χ0n) is 17.2. The van der Waals surface area contributed by atoms with E-state index in [1.165, 1.54) is 0 Å². The number of ether oxygens (including phenoxy) is 2. The zero-order valence-corrected chi connectivity index (χ0v) is 19.8. The van der Waals surface area contributed by atoms with Crippen LogP contribution < -0.4 is 0 Å². The van der Waals surface area contributed by atoms with Gasteiger partial charge in [-0.15, -0.1) is 0 Å². The van der Waals surface area contributed by atoms with Crippen molar-refractivity contribution in [3.8, 4) is 0 Å². The SMILES string of the molecule is CCCCN1C(=O)CN(CCCSC(CS)COC)C(=O)[C@@H]1COCCCS. The fraction of sp³-hybridized carbons (Fsp3) is 0.895. The van der Waals surface area contributed by atoms with Gasteiger partial charge in [0.15, 0.2) is 0 Å². The van der Waals surface area contributed by atoms with Crippen molar-refractivity contribution in [3.05, 3.63) is 0 Å². The van der Waals surface area contributed by atoms with Gasteiger partial charge >= 0.3 is 0 Å². The van der Waals surface area contributed by atoms with E-state index in [4.69, 9.17) is 9.47 Å². The maximum absolute atomic E-state index is 13.0. The minimum Gasteiger partial charge on any atom is -0.384 e. The van der Waals surface area contributed by atoms with Crippen LogP contribution in [0, 0.1) is 0 Å². The molecule has 9 heteroatoms. The lowest BCUT2D eigenvalue weighted by Crippen LogP contribution is -2.61.